The lowest BCUT2D eigenvalue weighted by molar-refractivity contribution is 0.261. The number of benzene rings is 1. The summed E-state index contributed by atoms with van der Waals surface area (Å²) in [7, 11) is 1.86. The van der Waals surface area contributed by atoms with Gasteiger partial charge in [0, 0.05) is 17.6 Å². The smallest absolute Gasteiger partial charge is 0.203 e. The highest BCUT2D eigenvalue weighted by atomic mass is 35.5. The van der Waals surface area contributed by atoms with Crippen LogP contribution < -0.4 is 4.80 Å². The van der Waals surface area contributed by atoms with Gasteiger partial charge in [-0.1, -0.05) is 42.0 Å². The average molecular weight is 298 g/mol. The fourth-order valence-electron chi connectivity index (χ4n) is 1.59. The van der Waals surface area contributed by atoms with Crippen molar-refractivity contribution in [3.8, 4) is 10.6 Å². The lowest BCUT2D eigenvalue weighted by atomic mass is 10.2. The SMILES string of the molecule is CCC(CO)N=c1sc(-c2ccc(Cl)cc2)nn1C. The van der Waals surface area contributed by atoms with Crippen LogP contribution in [0.25, 0.3) is 10.6 Å². The molecule has 0 radical (unpaired) electrons. The molecule has 1 aromatic heterocycles. The number of aliphatic hydroxyl groups excluding tert-OH is 1. The van der Waals surface area contributed by atoms with Crippen molar-refractivity contribution in [1.82, 2.24) is 9.78 Å². The molecule has 0 saturated heterocycles. The monoisotopic (exact) mass is 297 g/mol. The minimum absolute atomic E-state index is 0.0602. The topological polar surface area (TPSA) is 50.4 Å². The molecule has 6 heteroatoms. The zero-order chi connectivity index (χ0) is 13.8. The van der Waals surface area contributed by atoms with Crippen LogP contribution in [0, 0.1) is 0 Å². The Morgan fingerprint density at radius 1 is 1.42 bits per heavy atom. The molecule has 1 N–H and O–H groups in total. The molecule has 2 rings (SSSR count). The van der Waals surface area contributed by atoms with Crippen molar-refractivity contribution < 1.29 is 5.11 Å². The molecule has 0 aliphatic heterocycles. The summed E-state index contributed by atoms with van der Waals surface area (Å²) in [6.45, 7) is 2.07. The zero-order valence-corrected chi connectivity index (χ0v) is 12.4. The Bertz CT molecular complexity index is 599. The molecule has 1 unspecified atom stereocenters. The second kappa shape index (κ2) is 6.32. The normalized spacial score (nSPS) is 13.8. The van der Waals surface area contributed by atoms with Gasteiger partial charge in [0.25, 0.3) is 0 Å². The molecule has 0 fully saturated rings. The summed E-state index contributed by atoms with van der Waals surface area (Å²) >= 11 is 7.38. The minimum atomic E-state index is -0.0651. The van der Waals surface area contributed by atoms with E-state index in [1.54, 1.807) is 4.68 Å². The van der Waals surface area contributed by atoms with Crippen molar-refractivity contribution in [2.75, 3.05) is 6.61 Å². The first kappa shape index (κ1) is 14.2. The maximum Gasteiger partial charge on any atom is 0.203 e. The molecular formula is C13H16ClN3OS. The predicted octanol–water partition coefficient (Wildman–Crippen LogP) is 2.47. The van der Waals surface area contributed by atoms with Gasteiger partial charge in [-0.3, -0.25) is 4.99 Å². The summed E-state index contributed by atoms with van der Waals surface area (Å²) in [6.07, 6.45) is 0.810. The second-order valence-corrected chi connectivity index (χ2v) is 5.59. The van der Waals surface area contributed by atoms with E-state index in [2.05, 4.69) is 10.1 Å². The van der Waals surface area contributed by atoms with E-state index in [0.29, 0.717) is 5.02 Å². The highest BCUT2D eigenvalue weighted by molar-refractivity contribution is 7.12. The van der Waals surface area contributed by atoms with Crippen LogP contribution in [0.2, 0.25) is 5.02 Å². The summed E-state index contributed by atoms with van der Waals surface area (Å²) in [5.41, 5.74) is 1.02. The van der Waals surface area contributed by atoms with Gasteiger partial charge in [0.2, 0.25) is 4.80 Å². The summed E-state index contributed by atoms with van der Waals surface area (Å²) < 4.78 is 1.74. The van der Waals surface area contributed by atoms with Crippen molar-refractivity contribution in [2.24, 2.45) is 12.0 Å². The van der Waals surface area contributed by atoms with Crippen molar-refractivity contribution >= 4 is 22.9 Å². The van der Waals surface area contributed by atoms with Gasteiger partial charge >= 0.3 is 0 Å². The molecule has 0 saturated carbocycles. The van der Waals surface area contributed by atoms with Crippen LogP contribution in [-0.4, -0.2) is 27.5 Å². The van der Waals surface area contributed by atoms with Crippen LogP contribution in [0.4, 0.5) is 0 Å². The van der Waals surface area contributed by atoms with Gasteiger partial charge < -0.3 is 5.11 Å². The second-order valence-electron chi connectivity index (χ2n) is 4.19. The van der Waals surface area contributed by atoms with Gasteiger partial charge in [0.05, 0.1) is 12.6 Å². The standard InChI is InChI=1S/C13H16ClN3OS/c1-3-11(8-18)15-13-17(2)16-12(19-13)9-4-6-10(14)7-5-9/h4-7,11,18H,3,8H2,1-2H3. The lowest BCUT2D eigenvalue weighted by Gasteiger charge is -2.02. The highest BCUT2D eigenvalue weighted by Crippen LogP contribution is 2.21. The van der Waals surface area contributed by atoms with Crippen LogP contribution >= 0.6 is 22.9 Å². The van der Waals surface area contributed by atoms with E-state index in [4.69, 9.17) is 11.6 Å². The third-order valence-electron chi connectivity index (χ3n) is 2.77. The van der Waals surface area contributed by atoms with Crippen LogP contribution in [0.1, 0.15) is 13.3 Å². The Balaban J connectivity index is 2.38. The predicted molar refractivity (Wildman–Crippen MR) is 78.3 cm³/mol. The van der Waals surface area contributed by atoms with Crippen molar-refractivity contribution in [1.29, 1.82) is 0 Å². The van der Waals surface area contributed by atoms with Crippen LogP contribution in [-0.2, 0) is 7.05 Å². The molecule has 19 heavy (non-hydrogen) atoms. The number of halogens is 1. The van der Waals surface area contributed by atoms with Gasteiger partial charge in [-0.15, -0.1) is 0 Å². The molecule has 0 bridgehead atoms. The highest BCUT2D eigenvalue weighted by Gasteiger charge is 2.07. The lowest BCUT2D eigenvalue weighted by Crippen LogP contribution is -2.18. The van der Waals surface area contributed by atoms with E-state index in [1.165, 1.54) is 11.3 Å². The Morgan fingerprint density at radius 3 is 2.68 bits per heavy atom. The molecule has 1 atom stereocenters. The first-order chi connectivity index (χ1) is 9.13. The van der Waals surface area contributed by atoms with E-state index >= 15 is 0 Å². The maximum absolute atomic E-state index is 9.20. The van der Waals surface area contributed by atoms with Crippen molar-refractivity contribution in [3.63, 3.8) is 0 Å². The first-order valence-corrected chi connectivity index (χ1v) is 7.28. The van der Waals surface area contributed by atoms with Gasteiger partial charge in [0.15, 0.2) is 0 Å². The number of aliphatic hydroxyl groups is 1. The summed E-state index contributed by atoms with van der Waals surface area (Å²) in [4.78, 5) is 5.31. The van der Waals surface area contributed by atoms with Crippen molar-refractivity contribution in [2.45, 2.75) is 19.4 Å². The number of nitrogens with zero attached hydrogens (tertiary/aromatic N) is 3. The zero-order valence-electron chi connectivity index (χ0n) is 10.9. The third kappa shape index (κ3) is 3.43. The maximum atomic E-state index is 9.20. The van der Waals surface area contributed by atoms with Crippen LogP contribution in [0.3, 0.4) is 0 Å². The Labute approximate surface area is 121 Å². The van der Waals surface area contributed by atoms with Gasteiger partial charge in [0.1, 0.15) is 5.01 Å². The minimum Gasteiger partial charge on any atom is -0.394 e. The first-order valence-electron chi connectivity index (χ1n) is 6.08. The van der Waals surface area contributed by atoms with Crippen molar-refractivity contribution in [3.05, 3.63) is 34.1 Å². The molecule has 0 aliphatic rings. The number of aromatic nitrogens is 2. The summed E-state index contributed by atoms with van der Waals surface area (Å²) in [5, 5.41) is 15.3. The molecule has 1 aromatic carbocycles. The number of hydrogen-bond donors (Lipinski definition) is 1. The molecule has 0 amide bonds. The summed E-state index contributed by atoms with van der Waals surface area (Å²) in [6, 6.07) is 7.50. The summed E-state index contributed by atoms with van der Waals surface area (Å²) in [5.74, 6) is 0. The van der Waals surface area contributed by atoms with E-state index in [0.717, 1.165) is 21.8 Å². The number of aryl methyl sites for hydroxylation is 1. The molecule has 0 aliphatic carbocycles. The van der Waals surface area contributed by atoms with Crippen LogP contribution in [0.5, 0.6) is 0 Å². The van der Waals surface area contributed by atoms with E-state index in [9.17, 15) is 5.11 Å². The molecular weight excluding hydrogens is 282 g/mol. The van der Waals surface area contributed by atoms with Gasteiger partial charge in [-0.05, 0) is 18.6 Å². The number of rotatable bonds is 4. The Hall–Kier alpha value is -1.17. The molecule has 1 heterocycles. The van der Waals surface area contributed by atoms with E-state index < -0.39 is 0 Å². The fraction of sp³-hybridized carbons (Fsp3) is 0.385. The van der Waals surface area contributed by atoms with E-state index in [1.807, 2.05) is 38.2 Å². The van der Waals surface area contributed by atoms with Gasteiger partial charge in [-0.25, -0.2) is 4.68 Å². The Kier molecular flexibility index (Phi) is 4.74. The quantitative estimate of drug-likeness (QED) is 0.942. The molecule has 102 valence electrons. The average Bonchev–Trinajstić information content (AvgIpc) is 2.78. The number of hydrogen-bond acceptors (Lipinski definition) is 4. The Morgan fingerprint density at radius 2 is 2.11 bits per heavy atom. The molecule has 4 nitrogen and oxygen atoms in total. The van der Waals surface area contributed by atoms with Crippen LogP contribution in [0.15, 0.2) is 29.3 Å². The third-order valence-corrected chi connectivity index (χ3v) is 4.09. The van der Waals surface area contributed by atoms with E-state index in [-0.39, 0.29) is 12.6 Å². The molecule has 0 spiro atoms. The molecule has 2 aromatic rings. The largest absolute Gasteiger partial charge is 0.394 e. The fourth-order valence-corrected chi connectivity index (χ4v) is 2.68. The van der Waals surface area contributed by atoms with Gasteiger partial charge in [-0.2, -0.15) is 5.10 Å².